The Morgan fingerprint density at radius 3 is 2.69 bits per heavy atom. The first-order valence-electron chi connectivity index (χ1n) is 8.01. The maximum absolute atomic E-state index is 12.5. The minimum atomic E-state index is -0.492. The number of benzene rings is 2. The molecule has 0 aliphatic rings. The van der Waals surface area contributed by atoms with Crippen LogP contribution in [0.5, 0.6) is 5.75 Å². The van der Waals surface area contributed by atoms with Crippen LogP contribution in [0, 0.1) is 17.0 Å². The largest absolute Gasteiger partial charge is 0.493 e. The molecule has 0 aromatic heterocycles. The average molecular weight is 373 g/mol. The van der Waals surface area contributed by atoms with E-state index in [9.17, 15) is 14.9 Å². The highest BCUT2D eigenvalue weighted by Crippen LogP contribution is 2.22. The summed E-state index contributed by atoms with van der Waals surface area (Å²) in [5.41, 5.74) is 1.52. The van der Waals surface area contributed by atoms with Gasteiger partial charge in [-0.2, -0.15) is 0 Å². The van der Waals surface area contributed by atoms with Crippen LogP contribution in [0.25, 0.3) is 0 Å². The van der Waals surface area contributed by atoms with Crippen molar-refractivity contribution in [2.24, 2.45) is 0 Å². The molecular weight excluding hydrogens is 354 g/mol. The maximum Gasteiger partial charge on any atom is 0.271 e. The van der Waals surface area contributed by atoms with Gasteiger partial charge in [0, 0.05) is 17.8 Å². The van der Waals surface area contributed by atoms with Gasteiger partial charge in [-0.15, -0.1) is 0 Å². The zero-order valence-electron chi connectivity index (χ0n) is 14.4. The second-order valence-electron chi connectivity index (χ2n) is 5.51. The van der Waals surface area contributed by atoms with E-state index in [1.54, 1.807) is 37.3 Å². The van der Waals surface area contributed by atoms with Crippen molar-refractivity contribution in [3.63, 3.8) is 0 Å². The summed E-state index contributed by atoms with van der Waals surface area (Å²) in [5.74, 6) is 0.0541. The Hall–Kier alpha value is -3.00. The molecule has 0 aliphatic heterocycles. The van der Waals surface area contributed by atoms with Crippen LogP contribution in [0.3, 0.4) is 0 Å². The number of hydrogen-bond acceptors (Lipinski definition) is 5. The van der Waals surface area contributed by atoms with Crippen LogP contribution in [0.15, 0.2) is 42.5 Å². The fraction of sp³-hybridized carbons (Fsp3) is 0.222. The summed E-state index contributed by atoms with van der Waals surface area (Å²) in [4.78, 5) is 22.9. The number of nitrogens with zero attached hydrogens (tertiary/aromatic N) is 1. The number of para-hydroxylation sites is 1. The molecule has 0 spiro atoms. The van der Waals surface area contributed by atoms with Crippen molar-refractivity contribution in [2.75, 3.05) is 11.9 Å². The van der Waals surface area contributed by atoms with Crippen molar-refractivity contribution in [3.05, 3.63) is 63.7 Å². The van der Waals surface area contributed by atoms with E-state index in [2.05, 4.69) is 10.6 Å². The number of non-ortho nitro benzene ring substituents is 1. The van der Waals surface area contributed by atoms with Gasteiger partial charge in [-0.25, -0.2) is 0 Å². The number of nitro groups is 1. The highest BCUT2D eigenvalue weighted by molar-refractivity contribution is 7.80. The number of carbonyl (C=O) groups excluding carboxylic acids is 1. The fourth-order valence-corrected chi connectivity index (χ4v) is 2.38. The lowest BCUT2D eigenvalue weighted by atomic mass is 10.2. The van der Waals surface area contributed by atoms with Gasteiger partial charge in [0.05, 0.1) is 17.1 Å². The van der Waals surface area contributed by atoms with Gasteiger partial charge in [0.25, 0.3) is 11.6 Å². The number of amides is 1. The first-order valence-corrected chi connectivity index (χ1v) is 8.42. The molecule has 0 fully saturated rings. The molecule has 0 saturated carbocycles. The molecule has 0 saturated heterocycles. The topological polar surface area (TPSA) is 93.5 Å². The highest BCUT2D eigenvalue weighted by atomic mass is 32.1. The monoisotopic (exact) mass is 373 g/mol. The quantitative estimate of drug-likeness (QED) is 0.454. The van der Waals surface area contributed by atoms with Gasteiger partial charge in [-0.3, -0.25) is 20.2 Å². The van der Waals surface area contributed by atoms with Crippen LogP contribution in [0.2, 0.25) is 0 Å². The standard InChI is InChI=1S/C18H19N3O4S/c1-3-10-25-16-7-5-4-6-14(16)17(22)20-18(26)19-15-11-13(21(23)24)9-8-12(15)2/h4-9,11H,3,10H2,1-2H3,(H2,19,20,22,26). The van der Waals surface area contributed by atoms with E-state index in [0.29, 0.717) is 23.6 Å². The predicted molar refractivity (Wildman–Crippen MR) is 104 cm³/mol. The molecule has 136 valence electrons. The summed E-state index contributed by atoms with van der Waals surface area (Å²) in [6, 6.07) is 11.3. The molecule has 0 radical (unpaired) electrons. The predicted octanol–water partition coefficient (Wildman–Crippen LogP) is 3.82. The summed E-state index contributed by atoms with van der Waals surface area (Å²) in [6.07, 6.45) is 0.821. The lowest BCUT2D eigenvalue weighted by molar-refractivity contribution is -0.384. The minimum absolute atomic E-state index is 0.0453. The third kappa shape index (κ3) is 5.00. The number of carbonyl (C=O) groups is 1. The molecule has 0 atom stereocenters. The van der Waals surface area contributed by atoms with Gasteiger partial charge in [0.15, 0.2) is 5.11 Å². The van der Waals surface area contributed by atoms with Crippen molar-refractivity contribution in [3.8, 4) is 5.75 Å². The van der Waals surface area contributed by atoms with E-state index < -0.39 is 10.8 Å². The third-order valence-electron chi connectivity index (χ3n) is 3.50. The second kappa shape index (κ2) is 8.91. The van der Waals surface area contributed by atoms with Gasteiger partial charge in [-0.1, -0.05) is 25.1 Å². The summed E-state index contributed by atoms with van der Waals surface area (Å²) in [7, 11) is 0. The van der Waals surface area contributed by atoms with Crippen LogP contribution in [-0.2, 0) is 0 Å². The second-order valence-corrected chi connectivity index (χ2v) is 5.92. The maximum atomic E-state index is 12.5. The number of nitrogens with one attached hydrogen (secondary N) is 2. The van der Waals surface area contributed by atoms with Crippen LogP contribution in [0.4, 0.5) is 11.4 Å². The van der Waals surface area contributed by atoms with Crippen molar-refractivity contribution >= 4 is 34.6 Å². The molecule has 8 heteroatoms. The number of nitro benzene ring substituents is 1. The molecule has 2 aromatic carbocycles. The number of hydrogen-bond donors (Lipinski definition) is 2. The number of thiocarbonyl (C=S) groups is 1. The van der Waals surface area contributed by atoms with Crippen LogP contribution >= 0.6 is 12.2 Å². The normalized spacial score (nSPS) is 10.1. The Kier molecular flexibility index (Phi) is 6.62. The molecule has 26 heavy (non-hydrogen) atoms. The molecular formula is C18H19N3O4S. The summed E-state index contributed by atoms with van der Waals surface area (Å²) >= 11 is 5.16. The van der Waals surface area contributed by atoms with Crippen LogP contribution in [0.1, 0.15) is 29.3 Å². The van der Waals surface area contributed by atoms with E-state index >= 15 is 0 Å². The van der Waals surface area contributed by atoms with Gasteiger partial charge in [-0.05, 0) is 43.3 Å². The van der Waals surface area contributed by atoms with Crippen molar-refractivity contribution < 1.29 is 14.5 Å². The Bertz CT molecular complexity index is 839. The Labute approximate surface area is 156 Å². The number of ether oxygens (including phenoxy) is 1. The van der Waals surface area contributed by atoms with E-state index in [1.807, 2.05) is 6.92 Å². The number of anilines is 1. The molecule has 2 aromatic rings. The zero-order chi connectivity index (χ0) is 19.1. The molecule has 0 bridgehead atoms. The molecule has 0 heterocycles. The SMILES string of the molecule is CCCOc1ccccc1C(=O)NC(=S)Nc1cc([N+](=O)[O-])ccc1C. The summed E-state index contributed by atoms with van der Waals surface area (Å²) in [5, 5.41) is 16.3. The van der Waals surface area contributed by atoms with Crippen molar-refractivity contribution in [2.45, 2.75) is 20.3 Å². The van der Waals surface area contributed by atoms with E-state index in [0.717, 1.165) is 12.0 Å². The van der Waals surface area contributed by atoms with Gasteiger partial charge < -0.3 is 10.1 Å². The Morgan fingerprint density at radius 1 is 1.27 bits per heavy atom. The third-order valence-corrected chi connectivity index (χ3v) is 3.70. The van der Waals surface area contributed by atoms with Gasteiger partial charge >= 0.3 is 0 Å². The van der Waals surface area contributed by atoms with E-state index in [-0.39, 0.29) is 10.8 Å². The number of rotatable bonds is 6. The molecule has 0 aliphatic carbocycles. The molecule has 2 rings (SSSR count). The van der Waals surface area contributed by atoms with E-state index in [1.165, 1.54) is 12.1 Å². The number of aryl methyl sites for hydroxylation is 1. The van der Waals surface area contributed by atoms with Gasteiger partial charge in [0.2, 0.25) is 0 Å². The zero-order valence-corrected chi connectivity index (χ0v) is 15.3. The van der Waals surface area contributed by atoms with Crippen molar-refractivity contribution in [1.82, 2.24) is 5.32 Å². The van der Waals surface area contributed by atoms with Crippen LogP contribution < -0.4 is 15.4 Å². The molecule has 2 N–H and O–H groups in total. The molecule has 7 nitrogen and oxygen atoms in total. The smallest absolute Gasteiger partial charge is 0.271 e. The van der Waals surface area contributed by atoms with Crippen molar-refractivity contribution in [1.29, 1.82) is 0 Å². The Balaban J connectivity index is 2.10. The first kappa shape index (κ1) is 19.3. The van der Waals surface area contributed by atoms with Crippen LogP contribution in [-0.4, -0.2) is 22.5 Å². The fourth-order valence-electron chi connectivity index (χ4n) is 2.17. The molecule has 1 amide bonds. The van der Waals surface area contributed by atoms with Gasteiger partial charge in [0.1, 0.15) is 5.75 Å². The average Bonchev–Trinajstić information content (AvgIpc) is 2.61. The highest BCUT2D eigenvalue weighted by Gasteiger charge is 2.15. The Morgan fingerprint density at radius 2 is 2.00 bits per heavy atom. The first-order chi connectivity index (χ1) is 12.4. The minimum Gasteiger partial charge on any atom is -0.493 e. The lowest BCUT2D eigenvalue weighted by Crippen LogP contribution is -2.34. The van der Waals surface area contributed by atoms with E-state index in [4.69, 9.17) is 17.0 Å². The lowest BCUT2D eigenvalue weighted by Gasteiger charge is -2.13. The molecule has 0 unspecified atom stereocenters. The summed E-state index contributed by atoms with van der Waals surface area (Å²) in [6.45, 7) is 4.26. The summed E-state index contributed by atoms with van der Waals surface area (Å²) < 4.78 is 5.57.